The number of ether oxygens (including phenoxy) is 1. The molecule has 1 aliphatic rings. The molecule has 0 unspecified atom stereocenters. The number of piperidine rings is 1. The largest absolute Gasteiger partial charge is 0.497 e. The molecule has 0 N–H and O–H groups in total. The number of hydrogen-bond acceptors (Lipinski definition) is 3. The zero-order valence-corrected chi connectivity index (χ0v) is 14.5. The van der Waals surface area contributed by atoms with Crippen LogP contribution in [0.2, 0.25) is 0 Å². The number of aryl methyl sites for hydroxylation is 2. The first kappa shape index (κ1) is 16.6. The summed E-state index contributed by atoms with van der Waals surface area (Å²) in [4.78, 5) is 14.6. The second-order valence-electron chi connectivity index (χ2n) is 6.54. The minimum atomic E-state index is 0.104. The highest BCUT2D eigenvalue weighted by Crippen LogP contribution is 2.24. The van der Waals surface area contributed by atoms with Crippen molar-refractivity contribution < 1.29 is 13.9 Å². The van der Waals surface area contributed by atoms with Gasteiger partial charge in [0.2, 0.25) is 0 Å². The summed E-state index contributed by atoms with van der Waals surface area (Å²) in [5.41, 5.74) is 1.99. The normalized spacial score (nSPS) is 17.8. The van der Waals surface area contributed by atoms with E-state index in [9.17, 15) is 4.79 Å². The molecule has 4 heteroatoms. The van der Waals surface area contributed by atoms with E-state index in [2.05, 4.69) is 12.1 Å². The first-order chi connectivity index (χ1) is 11.7. The fraction of sp³-hybridized carbons (Fsp3) is 0.450. The fourth-order valence-corrected chi connectivity index (χ4v) is 3.46. The molecule has 2 aromatic rings. The van der Waals surface area contributed by atoms with E-state index >= 15 is 0 Å². The fourth-order valence-electron chi connectivity index (χ4n) is 3.46. The predicted octanol–water partition coefficient (Wildman–Crippen LogP) is 4.08. The summed E-state index contributed by atoms with van der Waals surface area (Å²) in [6.45, 7) is 3.53. The van der Waals surface area contributed by atoms with Gasteiger partial charge in [0.25, 0.3) is 5.91 Å². The molecule has 0 saturated carbocycles. The van der Waals surface area contributed by atoms with Crippen LogP contribution < -0.4 is 4.74 Å². The Balaban J connectivity index is 1.57. The van der Waals surface area contributed by atoms with Crippen LogP contribution in [0.4, 0.5) is 0 Å². The lowest BCUT2D eigenvalue weighted by molar-refractivity contribution is 0.0666. The van der Waals surface area contributed by atoms with Crippen LogP contribution in [0.3, 0.4) is 0 Å². The van der Waals surface area contributed by atoms with Crippen molar-refractivity contribution in [1.29, 1.82) is 0 Å². The van der Waals surface area contributed by atoms with Gasteiger partial charge in [-0.05, 0) is 62.3 Å². The molecule has 0 radical (unpaired) electrons. The minimum absolute atomic E-state index is 0.104. The van der Waals surface area contributed by atoms with E-state index in [0.29, 0.717) is 17.2 Å². The van der Waals surface area contributed by atoms with Crippen molar-refractivity contribution in [2.45, 2.75) is 32.6 Å². The summed E-state index contributed by atoms with van der Waals surface area (Å²) < 4.78 is 10.6. The Morgan fingerprint density at radius 2 is 2.25 bits per heavy atom. The third kappa shape index (κ3) is 3.81. The van der Waals surface area contributed by atoms with Crippen molar-refractivity contribution in [2.24, 2.45) is 5.92 Å². The zero-order chi connectivity index (χ0) is 16.9. The molecule has 3 rings (SSSR count). The number of carbonyl (C=O) groups excluding carboxylic acids is 1. The quantitative estimate of drug-likeness (QED) is 0.831. The van der Waals surface area contributed by atoms with Crippen LogP contribution in [0.1, 0.15) is 40.9 Å². The van der Waals surface area contributed by atoms with Crippen LogP contribution in [0.25, 0.3) is 0 Å². The standard InChI is InChI=1S/C20H25NO3/c1-15-19(10-12-24-15)20(22)21-11-4-6-17(14-21)9-8-16-5-3-7-18(13-16)23-2/h3,5,7,10,12-13,17H,4,6,8-9,11,14H2,1-2H3/t17-/m1/s1. The van der Waals surface area contributed by atoms with E-state index < -0.39 is 0 Å². The lowest BCUT2D eigenvalue weighted by Gasteiger charge is -2.32. The van der Waals surface area contributed by atoms with Gasteiger partial charge < -0.3 is 14.1 Å². The first-order valence-corrected chi connectivity index (χ1v) is 8.63. The second kappa shape index (κ2) is 7.56. The third-order valence-corrected chi connectivity index (χ3v) is 4.87. The van der Waals surface area contributed by atoms with Crippen molar-refractivity contribution in [3.8, 4) is 5.75 Å². The number of furan rings is 1. The molecular weight excluding hydrogens is 302 g/mol. The second-order valence-corrected chi connectivity index (χ2v) is 6.54. The van der Waals surface area contributed by atoms with Crippen LogP contribution in [-0.4, -0.2) is 31.0 Å². The van der Waals surface area contributed by atoms with Gasteiger partial charge in [0.15, 0.2) is 0 Å². The van der Waals surface area contributed by atoms with Gasteiger partial charge >= 0.3 is 0 Å². The van der Waals surface area contributed by atoms with E-state index in [4.69, 9.17) is 9.15 Å². The molecule has 1 fully saturated rings. The number of nitrogens with zero attached hydrogens (tertiary/aromatic N) is 1. The molecule has 1 aromatic heterocycles. The molecule has 1 atom stereocenters. The molecule has 24 heavy (non-hydrogen) atoms. The summed E-state index contributed by atoms with van der Waals surface area (Å²) in [6.07, 6.45) is 5.98. The minimum Gasteiger partial charge on any atom is -0.497 e. The first-order valence-electron chi connectivity index (χ1n) is 8.63. The SMILES string of the molecule is COc1cccc(CC[C@H]2CCCN(C(=O)c3ccoc3C)C2)c1. The monoisotopic (exact) mass is 327 g/mol. The Morgan fingerprint density at radius 3 is 3.00 bits per heavy atom. The van der Waals surface area contributed by atoms with Gasteiger partial charge in [0.05, 0.1) is 18.9 Å². The molecule has 0 aliphatic carbocycles. The van der Waals surface area contributed by atoms with Crippen molar-refractivity contribution in [1.82, 2.24) is 4.90 Å². The lowest BCUT2D eigenvalue weighted by atomic mass is 9.91. The highest BCUT2D eigenvalue weighted by atomic mass is 16.5. The van der Waals surface area contributed by atoms with E-state index in [0.717, 1.165) is 38.1 Å². The van der Waals surface area contributed by atoms with Crippen molar-refractivity contribution in [3.63, 3.8) is 0 Å². The highest BCUT2D eigenvalue weighted by Gasteiger charge is 2.25. The summed E-state index contributed by atoms with van der Waals surface area (Å²) in [5, 5.41) is 0. The third-order valence-electron chi connectivity index (χ3n) is 4.87. The van der Waals surface area contributed by atoms with Gasteiger partial charge in [-0.1, -0.05) is 12.1 Å². The van der Waals surface area contributed by atoms with Crippen LogP contribution in [0.5, 0.6) is 5.75 Å². The number of rotatable bonds is 5. The number of likely N-dealkylation sites (tertiary alicyclic amines) is 1. The van der Waals surface area contributed by atoms with Gasteiger partial charge in [0.1, 0.15) is 11.5 Å². The topological polar surface area (TPSA) is 42.7 Å². The van der Waals surface area contributed by atoms with Crippen LogP contribution >= 0.6 is 0 Å². The van der Waals surface area contributed by atoms with Gasteiger partial charge in [-0.15, -0.1) is 0 Å². The van der Waals surface area contributed by atoms with Gasteiger partial charge in [-0.3, -0.25) is 4.79 Å². The Morgan fingerprint density at radius 1 is 1.38 bits per heavy atom. The molecule has 4 nitrogen and oxygen atoms in total. The van der Waals surface area contributed by atoms with Gasteiger partial charge in [-0.2, -0.15) is 0 Å². The number of amides is 1. The molecule has 0 spiro atoms. The van der Waals surface area contributed by atoms with Crippen LogP contribution in [0, 0.1) is 12.8 Å². The van der Waals surface area contributed by atoms with Gasteiger partial charge in [0, 0.05) is 13.1 Å². The van der Waals surface area contributed by atoms with Crippen molar-refractivity contribution in [3.05, 3.63) is 53.5 Å². The summed E-state index contributed by atoms with van der Waals surface area (Å²) >= 11 is 0. The maximum atomic E-state index is 12.6. The molecule has 0 bridgehead atoms. The number of methoxy groups -OCH3 is 1. The summed E-state index contributed by atoms with van der Waals surface area (Å²) in [7, 11) is 1.70. The molecule has 1 saturated heterocycles. The molecule has 1 aliphatic heterocycles. The number of benzene rings is 1. The summed E-state index contributed by atoms with van der Waals surface area (Å²) in [6, 6.07) is 10.0. The average molecular weight is 327 g/mol. The molecule has 2 heterocycles. The van der Waals surface area contributed by atoms with E-state index in [1.807, 2.05) is 24.0 Å². The average Bonchev–Trinajstić information content (AvgIpc) is 3.05. The molecule has 1 amide bonds. The maximum Gasteiger partial charge on any atom is 0.257 e. The lowest BCUT2D eigenvalue weighted by Crippen LogP contribution is -2.40. The van der Waals surface area contributed by atoms with Crippen LogP contribution in [-0.2, 0) is 6.42 Å². The molecular formula is C20H25NO3. The molecule has 1 aromatic carbocycles. The van der Waals surface area contributed by atoms with E-state index in [-0.39, 0.29) is 5.91 Å². The zero-order valence-electron chi connectivity index (χ0n) is 14.5. The highest BCUT2D eigenvalue weighted by molar-refractivity contribution is 5.95. The number of hydrogen-bond donors (Lipinski definition) is 0. The molecule has 128 valence electrons. The predicted molar refractivity (Wildman–Crippen MR) is 93.4 cm³/mol. The Kier molecular flexibility index (Phi) is 5.24. The van der Waals surface area contributed by atoms with E-state index in [1.54, 1.807) is 19.4 Å². The Bertz CT molecular complexity index is 692. The number of carbonyl (C=O) groups is 1. The van der Waals surface area contributed by atoms with Gasteiger partial charge in [-0.25, -0.2) is 0 Å². The van der Waals surface area contributed by atoms with Crippen molar-refractivity contribution >= 4 is 5.91 Å². The smallest absolute Gasteiger partial charge is 0.257 e. The Labute approximate surface area is 143 Å². The maximum absolute atomic E-state index is 12.6. The van der Waals surface area contributed by atoms with E-state index in [1.165, 1.54) is 12.0 Å². The summed E-state index contributed by atoms with van der Waals surface area (Å²) in [5.74, 6) is 2.27. The van der Waals surface area contributed by atoms with Crippen LogP contribution in [0.15, 0.2) is 41.0 Å². The Hall–Kier alpha value is -2.23. The van der Waals surface area contributed by atoms with Crippen molar-refractivity contribution in [2.75, 3.05) is 20.2 Å².